The SMILES string of the molecule is Cc1cc(-c2nc3ccc(CN4CCN(C)CC4)cc3c(=O)[nH]2)cc(C)n1. The van der Waals surface area contributed by atoms with E-state index in [1.54, 1.807) is 0 Å². The Kier molecular flexibility index (Phi) is 4.76. The standard InChI is InChI=1S/C21H25N5O/c1-14-10-17(11-15(2)22-14)20-23-19-5-4-16(12-18(19)21(27)24-20)13-26-8-6-25(3)7-9-26/h4-5,10-12H,6-9,13H2,1-3H3,(H,23,24,27). The van der Waals surface area contributed by atoms with Crippen LogP contribution in [0.15, 0.2) is 35.1 Å². The number of nitrogens with one attached hydrogen (secondary N) is 1. The van der Waals surface area contributed by atoms with E-state index in [-0.39, 0.29) is 5.56 Å². The smallest absolute Gasteiger partial charge is 0.259 e. The Balaban J connectivity index is 1.65. The molecular weight excluding hydrogens is 338 g/mol. The number of fused-ring (bicyclic) bond motifs is 1. The van der Waals surface area contributed by atoms with Gasteiger partial charge < -0.3 is 9.88 Å². The van der Waals surface area contributed by atoms with Crippen molar-refractivity contribution in [2.24, 2.45) is 0 Å². The minimum atomic E-state index is -0.0951. The topological polar surface area (TPSA) is 65.1 Å². The monoisotopic (exact) mass is 363 g/mol. The molecule has 1 saturated heterocycles. The summed E-state index contributed by atoms with van der Waals surface area (Å²) < 4.78 is 0. The normalized spacial score (nSPS) is 16.1. The van der Waals surface area contributed by atoms with E-state index in [4.69, 9.17) is 0 Å². The maximum atomic E-state index is 12.7. The van der Waals surface area contributed by atoms with Crippen molar-refractivity contribution in [3.63, 3.8) is 0 Å². The molecule has 0 bridgehead atoms. The van der Waals surface area contributed by atoms with Crippen LogP contribution in [-0.2, 0) is 6.54 Å². The molecule has 3 heterocycles. The number of benzene rings is 1. The van der Waals surface area contributed by atoms with Gasteiger partial charge in [-0.05, 0) is 50.7 Å². The maximum absolute atomic E-state index is 12.7. The minimum Gasteiger partial charge on any atom is -0.306 e. The summed E-state index contributed by atoms with van der Waals surface area (Å²) in [6, 6.07) is 9.91. The third kappa shape index (κ3) is 3.91. The van der Waals surface area contributed by atoms with E-state index in [0.29, 0.717) is 11.2 Å². The molecule has 6 heteroatoms. The van der Waals surface area contributed by atoms with Crippen LogP contribution in [0.3, 0.4) is 0 Å². The number of H-pyrrole nitrogens is 1. The van der Waals surface area contributed by atoms with Crippen molar-refractivity contribution in [3.8, 4) is 11.4 Å². The highest BCUT2D eigenvalue weighted by molar-refractivity contribution is 5.80. The van der Waals surface area contributed by atoms with Crippen molar-refractivity contribution in [2.75, 3.05) is 33.2 Å². The van der Waals surface area contributed by atoms with Gasteiger partial charge in [0.1, 0.15) is 5.82 Å². The summed E-state index contributed by atoms with van der Waals surface area (Å²) in [6.07, 6.45) is 0. The molecule has 1 N–H and O–H groups in total. The fourth-order valence-corrected chi connectivity index (χ4v) is 3.66. The second-order valence-corrected chi connectivity index (χ2v) is 7.48. The highest BCUT2D eigenvalue weighted by Crippen LogP contribution is 2.19. The third-order valence-corrected chi connectivity index (χ3v) is 5.13. The molecule has 0 aliphatic carbocycles. The number of aryl methyl sites for hydroxylation is 2. The molecule has 0 radical (unpaired) electrons. The molecule has 1 fully saturated rings. The lowest BCUT2D eigenvalue weighted by atomic mass is 10.1. The fraction of sp³-hybridized carbons (Fsp3) is 0.381. The van der Waals surface area contributed by atoms with E-state index >= 15 is 0 Å². The largest absolute Gasteiger partial charge is 0.306 e. The van der Waals surface area contributed by atoms with Crippen LogP contribution >= 0.6 is 0 Å². The molecule has 27 heavy (non-hydrogen) atoms. The molecule has 2 aromatic heterocycles. The van der Waals surface area contributed by atoms with Gasteiger partial charge in [-0.3, -0.25) is 14.7 Å². The average Bonchev–Trinajstić information content (AvgIpc) is 2.63. The Hall–Kier alpha value is -2.57. The number of hydrogen-bond acceptors (Lipinski definition) is 5. The zero-order valence-electron chi connectivity index (χ0n) is 16.1. The molecule has 1 aromatic carbocycles. The fourth-order valence-electron chi connectivity index (χ4n) is 3.66. The molecule has 1 aliphatic rings. The highest BCUT2D eigenvalue weighted by Gasteiger charge is 2.15. The van der Waals surface area contributed by atoms with Gasteiger partial charge in [-0.15, -0.1) is 0 Å². The van der Waals surface area contributed by atoms with Gasteiger partial charge in [0.25, 0.3) is 5.56 Å². The Morgan fingerprint density at radius 3 is 2.41 bits per heavy atom. The van der Waals surface area contributed by atoms with Crippen molar-refractivity contribution >= 4 is 10.9 Å². The third-order valence-electron chi connectivity index (χ3n) is 5.13. The average molecular weight is 363 g/mol. The Labute approximate surface area is 158 Å². The highest BCUT2D eigenvalue weighted by atomic mass is 16.1. The zero-order valence-corrected chi connectivity index (χ0v) is 16.1. The number of pyridine rings is 1. The summed E-state index contributed by atoms with van der Waals surface area (Å²) in [7, 11) is 2.15. The first-order valence-electron chi connectivity index (χ1n) is 9.37. The molecule has 0 spiro atoms. The second-order valence-electron chi connectivity index (χ2n) is 7.48. The van der Waals surface area contributed by atoms with Gasteiger partial charge in [-0.25, -0.2) is 4.98 Å². The van der Waals surface area contributed by atoms with Crippen LogP contribution in [-0.4, -0.2) is 58.0 Å². The number of likely N-dealkylation sites (N-methyl/N-ethyl adjacent to an activating group) is 1. The Morgan fingerprint density at radius 2 is 1.70 bits per heavy atom. The van der Waals surface area contributed by atoms with E-state index in [2.05, 4.69) is 37.9 Å². The number of nitrogens with zero attached hydrogens (tertiary/aromatic N) is 4. The summed E-state index contributed by atoms with van der Waals surface area (Å²) in [4.78, 5) is 29.5. The van der Waals surface area contributed by atoms with Gasteiger partial charge in [-0.2, -0.15) is 0 Å². The van der Waals surface area contributed by atoms with Crippen molar-refractivity contribution in [2.45, 2.75) is 20.4 Å². The van der Waals surface area contributed by atoms with Crippen LogP contribution in [0.5, 0.6) is 0 Å². The molecule has 0 atom stereocenters. The number of piperazine rings is 1. The van der Waals surface area contributed by atoms with E-state index in [0.717, 1.165) is 60.8 Å². The van der Waals surface area contributed by atoms with E-state index in [9.17, 15) is 4.79 Å². The maximum Gasteiger partial charge on any atom is 0.259 e. The van der Waals surface area contributed by atoms with Gasteiger partial charge in [0.2, 0.25) is 0 Å². The number of hydrogen-bond donors (Lipinski definition) is 1. The minimum absolute atomic E-state index is 0.0951. The van der Waals surface area contributed by atoms with Crippen LogP contribution < -0.4 is 5.56 Å². The van der Waals surface area contributed by atoms with Gasteiger partial charge in [-0.1, -0.05) is 6.07 Å². The predicted molar refractivity (Wildman–Crippen MR) is 108 cm³/mol. The van der Waals surface area contributed by atoms with E-state index in [1.165, 1.54) is 0 Å². The quantitative estimate of drug-likeness (QED) is 0.774. The van der Waals surface area contributed by atoms with Gasteiger partial charge >= 0.3 is 0 Å². The van der Waals surface area contributed by atoms with Crippen LogP contribution in [0, 0.1) is 13.8 Å². The lowest BCUT2D eigenvalue weighted by Crippen LogP contribution is -2.43. The molecule has 0 amide bonds. The Morgan fingerprint density at radius 1 is 1.00 bits per heavy atom. The van der Waals surface area contributed by atoms with E-state index < -0.39 is 0 Å². The second kappa shape index (κ2) is 7.21. The molecule has 0 saturated carbocycles. The first-order valence-corrected chi connectivity index (χ1v) is 9.37. The lowest BCUT2D eigenvalue weighted by molar-refractivity contribution is 0.148. The van der Waals surface area contributed by atoms with Crippen LogP contribution in [0.2, 0.25) is 0 Å². The number of rotatable bonds is 3. The molecular formula is C21H25N5O. The first kappa shape index (κ1) is 17.8. The molecule has 4 rings (SSSR count). The van der Waals surface area contributed by atoms with Gasteiger partial charge in [0.05, 0.1) is 10.9 Å². The lowest BCUT2D eigenvalue weighted by Gasteiger charge is -2.32. The van der Waals surface area contributed by atoms with Crippen LogP contribution in [0.25, 0.3) is 22.3 Å². The van der Waals surface area contributed by atoms with Crippen molar-refractivity contribution in [1.82, 2.24) is 24.8 Å². The predicted octanol–water partition coefficient (Wildman–Crippen LogP) is 2.35. The van der Waals surface area contributed by atoms with Gasteiger partial charge in [0, 0.05) is 49.7 Å². The first-order chi connectivity index (χ1) is 13.0. The van der Waals surface area contributed by atoms with Crippen molar-refractivity contribution < 1.29 is 0 Å². The molecule has 0 unspecified atom stereocenters. The van der Waals surface area contributed by atoms with Crippen molar-refractivity contribution in [1.29, 1.82) is 0 Å². The summed E-state index contributed by atoms with van der Waals surface area (Å²) in [6.45, 7) is 9.05. The molecule has 3 aromatic rings. The summed E-state index contributed by atoms with van der Waals surface area (Å²) in [5.41, 5.74) is 4.50. The molecule has 6 nitrogen and oxygen atoms in total. The van der Waals surface area contributed by atoms with Crippen LogP contribution in [0.4, 0.5) is 0 Å². The zero-order chi connectivity index (χ0) is 19.0. The number of aromatic nitrogens is 3. The number of aromatic amines is 1. The molecule has 140 valence electrons. The molecule has 1 aliphatic heterocycles. The Bertz CT molecular complexity index is 1010. The summed E-state index contributed by atoms with van der Waals surface area (Å²) in [5.74, 6) is 0.591. The van der Waals surface area contributed by atoms with E-state index in [1.807, 2.05) is 38.1 Å². The van der Waals surface area contributed by atoms with Crippen molar-refractivity contribution in [3.05, 3.63) is 57.6 Å². The van der Waals surface area contributed by atoms with Crippen LogP contribution in [0.1, 0.15) is 17.0 Å². The van der Waals surface area contributed by atoms with Gasteiger partial charge in [0.15, 0.2) is 0 Å². The summed E-state index contributed by atoms with van der Waals surface area (Å²) in [5, 5.41) is 0.646. The summed E-state index contributed by atoms with van der Waals surface area (Å²) >= 11 is 0.